The van der Waals surface area contributed by atoms with E-state index in [1.54, 1.807) is 24.3 Å². The number of amides is 1. The molecule has 0 aliphatic carbocycles. The van der Waals surface area contributed by atoms with Crippen LogP contribution in [0.1, 0.15) is 23.6 Å². The normalized spacial score (nSPS) is 10.4. The quantitative estimate of drug-likeness (QED) is 0.657. The molecule has 5 nitrogen and oxygen atoms in total. The standard InChI is InChI=1S/C18H20FNO4/c1-4-13-10-15(19)17(9-12(13)2)24-11-14-7-5-6-8-16(14)20(22)18(21)23-3/h5-10,22H,4,11H2,1-3H3. The molecule has 0 aromatic heterocycles. The highest BCUT2D eigenvalue weighted by Crippen LogP contribution is 2.26. The first-order valence-electron chi connectivity index (χ1n) is 7.54. The first-order valence-corrected chi connectivity index (χ1v) is 7.54. The number of carbonyl (C=O) groups is 1. The number of aryl methyl sites for hydroxylation is 2. The van der Waals surface area contributed by atoms with Crippen molar-refractivity contribution in [3.05, 3.63) is 58.9 Å². The van der Waals surface area contributed by atoms with Gasteiger partial charge in [0.2, 0.25) is 0 Å². The van der Waals surface area contributed by atoms with Gasteiger partial charge in [0, 0.05) is 5.56 Å². The Morgan fingerprint density at radius 3 is 2.62 bits per heavy atom. The van der Waals surface area contributed by atoms with Crippen molar-refractivity contribution in [2.45, 2.75) is 26.9 Å². The fourth-order valence-electron chi connectivity index (χ4n) is 2.37. The van der Waals surface area contributed by atoms with E-state index in [4.69, 9.17) is 4.74 Å². The van der Waals surface area contributed by atoms with E-state index in [9.17, 15) is 14.4 Å². The van der Waals surface area contributed by atoms with Gasteiger partial charge in [0.05, 0.1) is 12.8 Å². The van der Waals surface area contributed by atoms with Crippen LogP contribution in [0.5, 0.6) is 5.75 Å². The number of hydroxylamine groups is 1. The van der Waals surface area contributed by atoms with Gasteiger partial charge in [-0.2, -0.15) is 5.06 Å². The maximum Gasteiger partial charge on any atom is 0.438 e. The third-order valence-electron chi connectivity index (χ3n) is 3.72. The molecule has 0 saturated carbocycles. The van der Waals surface area contributed by atoms with Gasteiger partial charge >= 0.3 is 6.09 Å². The average Bonchev–Trinajstić information content (AvgIpc) is 2.60. The molecule has 0 fully saturated rings. The average molecular weight is 333 g/mol. The summed E-state index contributed by atoms with van der Waals surface area (Å²) in [5.41, 5.74) is 2.60. The largest absolute Gasteiger partial charge is 0.486 e. The van der Waals surface area contributed by atoms with Gasteiger partial charge in [-0.15, -0.1) is 0 Å². The fraction of sp³-hybridized carbons (Fsp3) is 0.278. The van der Waals surface area contributed by atoms with E-state index in [0.717, 1.165) is 24.7 Å². The predicted octanol–water partition coefficient (Wildman–Crippen LogP) is 4.24. The summed E-state index contributed by atoms with van der Waals surface area (Å²) < 4.78 is 24.1. The topological polar surface area (TPSA) is 59.0 Å². The van der Waals surface area contributed by atoms with E-state index in [1.807, 2.05) is 13.8 Å². The highest BCUT2D eigenvalue weighted by molar-refractivity contribution is 5.85. The highest BCUT2D eigenvalue weighted by atomic mass is 19.1. The third-order valence-corrected chi connectivity index (χ3v) is 3.72. The van der Waals surface area contributed by atoms with Crippen molar-refractivity contribution in [1.29, 1.82) is 0 Å². The molecule has 2 aromatic rings. The monoisotopic (exact) mass is 333 g/mol. The Morgan fingerprint density at radius 2 is 1.96 bits per heavy atom. The lowest BCUT2D eigenvalue weighted by atomic mass is 10.1. The van der Waals surface area contributed by atoms with Crippen molar-refractivity contribution in [2.75, 3.05) is 12.2 Å². The fourth-order valence-corrected chi connectivity index (χ4v) is 2.37. The summed E-state index contributed by atoms with van der Waals surface area (Å²) >= 11 is 0. The van der Waals surface area contributed by atoms with Gasteiger partial charge in [-0.1, -0.05) is 25.1 Å². The number of hydrogen-bond acceptors (Lipinski definition) is 4. The van der Waals surface area contributed by atoms with Gasteiger partial charge in [-0.3, -0.25) is 5.21 Å². The van der Waals surface area contributed by atoms with Crippen molar-refractivity contribution < 1.29 is 23.9 Å². The van der Waals surface area contributed by atoms with Crippen molar-refractivity contribution in [2.24, 2.45) is 0 Å². The Labute approximate surface area is 140 Å². The summed E-state index contributed by atoms with van der Waals surface area (Å²) in [5, 5.41) is 10.3. The molecule has 1 amide bonds. The van der Waals surface area contributed by atoms with E-state index in [-0.39, 0.29) is 18.0 Å². The second-order valence-electron chi connectivity index (χ2n) is 5.26. The number of halogens is 1. The molecular weight excluding hydrogens is 313 g/mol. The number of carbonyl (C=O) groups excluding carboxylic acids is 1. The summed E-state index contributed by atoms with van der Waals surface area (Å²) in [7, 11) is 1.16. The lowest BCUT2D eigenvalue weighted by molar-refractivity contribution is 0.140. The summed E-state index contributed by atoms with van der Waals surface area (Å²) in [4.78, 5) is 11.5. The van der Waals surface area contributed by atoms with Crippen LogP contribution < -0.4 is 9.80 Å². The van der Waals surface area contributed by atoms with Crippen LogP contribution in [0.2, 0.25) is 0 Å². The van der Waals surface area contributed by atoms with Gasteiger partial charge < -0.3 is 9.47 Å². The van der Waals surface area contributed by atoms with Crippen LogP contribution in [0.4, 0.5) is 14.9 Å². The Bertz CT molecular complexity index is 733. The maximum absolute atomic E-state index is 14.1. The molecule has 0 radical (unpaired) electrons. The Balaban J connectivity index is 2.21. The minimum Gasteiger partial charge on any atom is -0.486 e. The second kappa shape index (κ2) is 7.79. The van der Waals surface area contributed by atoms with E-state index >= 15 is 0 Å². The first kappa shape index (κ1) is 17.7. The summed E-state index contributed by atoms with van der Waals surface area (Å²) in [6, 6.07) is 9.71. The number of hydrogen-bond donors (Lipinski definition) is 1. The zero-order chi connectivity index (χ0) is 17.7. The van der Waals surface area contributed by atoms with Crippen LogP contribution >= 0.6 is 0 Å². The van der Waals surface area contributed by atoms with Gasteiger partial charge in [0.15, 0.2) is 11.6 Å². The number of benzene rings is 2. The number of methoxy groups -OCH3 is 1. The first-order chi connectivity index (χ1) is 11.5. The Morgan fingerprint density at radius 1 is 1.25 bits per heavy atom. The number of nitrogens with zero attached hydrogens (tertiary/aromatic N) is 1. The summed E-state index contributed by atoms with van der Waals surface area (Å²) in [5.74, 6) is -0.314. The molecule has 0 heterocycles. The predicted molar refractivity (Wildman–Crippen MR) is 88.0 cm³/mol. The summed E-state index contributed by atoms with van der Waals surface area (Å²) in [6.45, 7) is 3.85. The number of anilines is 1. The smallest absolute Gasteiger partial charge is 0.438 e. The SMILES string of the molecule is CCc1cc(F)c(OCc2ccccc2N(O)C(=O)OC)cc1C. The van der Waals surface area contributed by atoms with Crippen LogP contribution in [-0.2, 0) is 17.8 Å². The van der Waals surface area contributed by atoms with E-state index in [0.29, 0.717) is 10.6 Å². The van der Waals surface area contributed by atoms with Crippen molar-refractivity contribution in [3.8, 4) is 5.75 Å². The van der Waals surface area contributed by atoms with Crippen molar-refractivity contribution in [1.82, 2.24) is 0 Å². The molecule has 128 valence electrons. The maximum atomic E-state index is 14.1. The lowest BCUT2D eigenvalue weighted by Gasteiger charge is -2.18. The molecule has 0 aliphatic rings. The zero-order valence-corrected chi connectivity index (χ0v) is 13.9. The molecular formula is C18H20FNO4. The molecule has 2 rings (SSSR count). The van der Waals surface area contributed by atoms with E-state index in [2.05, 4.69) is 4.74 Å². The van der Waals surface area contributed by atoms with Gasteiger partial charge in [0.1, 0.15) is 6.61 Å². The van der Waals surface area contributed by atoms with Crippen LogP contribution in [0.25, 0.3) is 0 Å². The Hall–Kier alpha value is -2.60. The molecule has 0 unspecified atom stereocenters. The minimum atomic E-state index is -0.920. The van der Waals surface area contributed by atoms with Crippen molar-refractivity contribution in [3.63, 3.8) is 0 Å². The van der Waals surface area contributed by atoms with Gasteiger partial charge in [-0.05, 0) is 42.7 Å². The molecule has 0 aliphatic heterocycles. The van der Waals surface area contributed by atoms with Crippen LogP contribution in [0.3, 0.4) is 0 Å². The molecule has 2 aromatic carbocycles. The van der Waals surface area contributed by atoms with Gasteiger partial charge in [-0.25, -0.2) is 9.18 Å². The third kappa shape index (κ3) is 3.83. The van der Waals surface area contributed by atoms with E-state index < -0.39 is 11.9 Å². The number of rotatable bonds is 5. The van der Waals surface area contributed by atoms with Crippen molar-refractivity contribution >= 4 is 11.8 Å². The number of para-hydroxylation sites is 1. The molecule has 1 N–H and O–H groups in total. The molecule has 24 heavy (non-hydrogen) atoms. The molecule has 0 saturated heterocycles. The Kier molecular flexibility index (Phi) is 5.76. The molecule has 0 spiro atoms. The van der Waals surface area contributed by atoms with Crippen LogP contribution in [0.15, 0.2) is 36.4 Å². The second-order valence-corrected chi connectivity index (χ2v) is 5.26. The van der Waals surface area contributed by atoms with Crippen LogP contribution in [-0.4, -0.2) is 18.4 Å². The zero-order valence-electron chi connectivity index (χ0n) is 13.9. The molecule has 0 bridgehead atoms. The summed E-state index contributed by atoms with van der Waals surface area (Å²) in [6.07, 6.45) is -0.179. The van der Waals surface area contributed by atoms with E-state index in [1.165, 1.54) is 12.1 Å². The molecule has 0 atom stereocenters. The molecule has 6 heteroatoms. The number of ether oxygens (including phenoxy) is 2. The minimum absolute atomic E-state index is 0.00788. The van der Waals surface area contributed by atoms with Gasteiger partial charge in [0.25, 0.3) is 0 Å². The lowest BCUT2D eigenvalue weighted by Crippen LogP contribution is -2.27. The highest BCUT2D eigenvalue weighted by Gasteiger charge is 2.17. The van der Waals surface area contributed by atoms with Crippen LogP contribution in [0, 0.1) is 12.7 Å².